The van der Waals surface area contributed by atoms with Crippen LogP contribution in [-0.4, -0.2) is 0 Å². The molecule has 0 bridgehead atoms. The van der Waals surface area contributed by atoms with E-state index in [0.29, 0.717) is 5.92 Å². The predicted molar refractivity (Wildman–Crippen MR) is 53.6 cm³/mol. The van der Waals surface area contributed by atoms with Gasteiger partial charge in [-0.2, -0.15) is 0 Å². The van der Waals surface area contributed by atoms with E-state index in [2.05, 4.69) is 48.0 Å². The first-order chi connectivity index (χ1) is 5.04. The van der Waals surface area contributed by atoms with Gasteiger partial charge in [0.05, 0.1) is 0 Å². The maximum absolute atomic E-state index is 3.79. The van der Waals surface area contributed by atoms with Gasteiger partial charge in [-0.25, -0.2) is 6.42 Å². The van der Waals surface area contributed by atoms with Gasteiger partial charge in [0, 0.05) is 65.4 Å². The van der Waals surface area contributed by atoms with Crippen molar-refractivity contribution in [1.82, 2.24) is 0 Å². The van der Waals surface area contributed by atoms with E-state index in [-0.39, 0.29) is 65.4 Å². The summed E-state index contributed by atoms with van der Waals surface area (Å²) in [5, 5.41) is 0. The molecule has 0 aromatic carbocycles. The fraction of sp³-hybridized carbons (Fsp3) is 0.636. The van der Waals surface area contributed by atoms with Gasteiger partial charge in [0.15, 0.2) is 0 Å². The fourth-order valence-corrected chi connectivity index (χ4v) is 0.354. The Morgan fingerprint density at radius 3 is 1.46 bits per heavy atom. The SMILES string of the molecule is CC(C)C.[CH2-]C[CH-]C([CH2-])C[CH2-].[Y].[Y]. The van der Waals surface area contributed by atoms with E-state index in [9.17, 15) is 0 Å². The maximum atomic E-state index is 3.79. The summed E-state index contributed by atoms with van der Waals surface area (Å²) < 4.78 is 0. The number of hydrogen-bond donors (Lipinski definition) is 0. The molecule has 0 aromatic rings. The smallest absolute Gasteiger partial charge is 0 e. The van der Waals surface area contributed by atoms with Crippen molar-refractivity contribution in [2.45, 2.75) is 33.6 Å². The Kier molecular flexibility index (Phi) is 37.1. The molecule has 0 saturated heterocycles. The minimum Gasteiger partial charge on any atom is -0.386 e. The third kappa shape index (κ3) is 40.8. The van der Waals surface area contributed by atoms with Crippen LogP contribution < -0.4 is 0 Å². The van der Waals surface area contributed by atoms with E-state index in [1.807, 2.05) is 0 Å². The first-order valence-electron chi connectivity index (χ1n) is 4.29. The van der Waals surface area contributed by atoms with E-state index in [4.69, 9.17) is 0 Å². The summed E-state index contributed by atoms with van der Waals surface area (Å²) in [7, 11) is 0. The van der Waals surface area contributed by atoms with Crippen molar-refractivity contribution in [1.29, 1.82) is 0 Å². The van der Waals surface area contributed by atoms with Crippen molar-refractivity contribution in [3.8, 4) is 0 Å². The van der Waals surface area contributed by atoms with Gasteiger partial charge >= 0.3 is 0 Å². The fourth-order valence-electron chi connectivity index (χ4n) is 0.354. The first-order valence-corrected chi connectivity index (χ1v) is 4.29. The molecule has 0 spiro atoms. The molecule has 0 aromatic heterocycles. The van der Waals surface area contributed by atoms with Crippen LogP contribution in [0.4, 0.5) is 0 Å². The van der Waals surface area contributed by atoms with Crippen LogP contribution in [0.2, 0.25) is 0 Å². The molecule has 0 heterocycles. The van der Waals surface area contributed by atoms with Crippen LogP contribution in [0.5, 0.6) is 0 Å². The summed E-state index contributed by atoms with van der Waals surface area (Å²) in [6.45, 7) is 17.6. The molecule has 1 atom stereocenters. The average Bonchev–Trinajstić information content (AvgIpc) is 1.87. The Labute approximate surface area is 136 Å². The molecule has 0 nitrogen and oxygen atoms in total. The quantitative estimate of drug-likeness (QED) is 0.691. The molecule has 2 radical (unpaired) electrons. The Balaban J connectivity index is -0.0000000600. The van der Waals surface area contributed by atoms with Gasteiger partial charge in [0.2, 0.25) is 0 Å². The van der Waals surface area contributed by atoms with Gasteiger partial charge < -0.3 is 39.5 Å². The summed E-state index contributed by atoms with van der Waals surface area (Å²) in [6.07, 6.45) is 3.81. The van der Waals surface area contributed by atoms with E-state index in [1.165, 1.54) is 0 Å². The molecule has 0 amide bonds. The second kappa shape index (κ2) is 19.7. The third-order valence-electron chi connectivity index (χ3n) is 0.871. The van der Waals surface area contributed by atoms with Crippen molar-refractivity contribution in [2.24, 2.45) is 11.8 Å². The predicted octanol–water partition coefficient (Wildman–Crippen LogP) is 3.75. The standard InChI is InChI=1S/C7H12.C4H10.2Y/c1-4-6-7(3)5-2;1-4(2)3;;/h6-7H,1-5H2;4H,1-3H3;;/q-4;;;. The molecule has 0 N–H and O–H groups in total. The molecule has 0 aliphatic rings. The Bertz CT molecular complexity index is 60.4. The van der Waals surface area contributed by atoms with E-state index in [0.717, 1.165) is 18.8 Å². The summed E-state index contributed by atoms with van der Waals surface area (Å²) in [5.41, 5.74) is 0. The number of rotatable bonds is 3. The van der Waals surface area contributed by atoms with Gasteiger partial charge in [0.25, 0.3) is 0 Å². The second-order valence-corrected chi connectivity index (χ2v) is 3.31. The summed E-state index contributed by atoms with van der Waals surface area (Å²) in [5.74, 6) is 1.23. The van der Waals surface area contributed by atoms with Crippen molar-refractivity contribution < 1.29 is 65.4 Å². The van der Waals surface area contributed by atoms with Crippen LogP contribution in [0.1, 0.15) is 33.6 Å². The summed E-state index contributed by atoms with van der Waals surface area (Å²) in [6, 6.07) is 0. The first kappa shape index (κ1) is 24.4. The number of hydrogen-bond acceptors (Lipinski definition) is 0. The van der Waals surface area contributed by atoms with Crippen molar-refractivity contribution in [2.75, 3.05) is 0 Å². The molecule has 0 fully saturated rings. The maximum Gasteiger partial charge on any atom is 0 e. The zero-order valence-corrected chi connectivity index (χ0v) is 15.1. The van der Waals surface area contributed by atoms with Crippen molar-refractivity contribution in [3.63, 3.8) is 0 Å². The molecule has 1 unspecified atom stereocenters. The molecule has 13 heavy (non-hydrogen) atoms. The van der Waals surface area contributed by atoms with Crippen LogP contribution in [0, 0.1) is 39.0 Å². The minimum absolute atomic E-state index is 0. The normalized spacial score (nSPS) is 10.4. The van der Waals surface area contributed by atoms with Crippen LogP contribution in [0.25, 0.3) is 0 Å². The molecule has 0 rings (SSSR count). The Morgan fingerprint density at radius 1 is 1.08 bits per heavy atom. The van der Waals surface area contributed by atoms with E-state index in [1.54, 1.807) is 0 Å². The monoisotopic (exact) mass is 332 g/mol. The zero-order chi connectivity index (χ0) is 9.28. The van der Waals surface area contributed by atoms with Crippen LogP contribution in [0.15, 0.2) is 0 Å². The third-order valence-corrected chi connectivity index (χ3v) is 0.871. The molecular weight excluding hydrogens is 310 g/mol. The van der Waals surface area contributed by atoms with Gasteiger partial charge in [-0.1, -0.05) is 20.8 Å². The largest absolute Gasteiger partial charge is 0.386 e. The van der Waals surface area contributed by atoms with Crippen molar-refractivity contribution in [3.05, 3.63) is 27.2 Å². The van der Waals surface area contributed by atoms with Crippen LogP contribution in [-0.2, 0) is 65.4 Å². The van der Waals surface area contributed by atoms with Crippen molar-refractivity contribution >= 4 is 0 Å². The molecule has 0 saturated carbocycles. The van der Waals surface area contributed by atoms with Gasteiger partial charge in [-0.3, -0.25) is 0 Å². The van der Waals surface area contributed by atoms with Gasteiger partial charge in [-0.15, -0.1) is 0 Å². The van der Waals surface area contributed by atoms with Gasteiger partial charge in [0.1, 0.15) is 0 Å². The topological polar surface area (TPSA) is 0 Å². The second-order valence-electron chi connectivity index (χ2n) is 3.31. The van der Waals surface area contributed by atoms with E-state index >= 15 is 0 Å². The van der Waals surface area contributed by atoms with E-state index < -0.39 is 0 Å². The zero-order valence-electron chi connectivity index (χ0n) is 9.42. The molecule has 76 valence electrons. The Morgan fingerprint density at radius 2 is 1.38 bits per heavy atom. The van der Waals surface area contributed by atoms with Gasteiger partial charge in [-0.05, 0) is 5.92 Å². The summed E-state index contributed by atoms with van der Waals surface area (Å²) >= 11 is 0. The summed E-state index contributed by atoms with van der Waals surface area (Å²) in [4.78, 5) is 0. The minimum atomic E-state index is 0. The molecular formula is C11H22Y2-4. The molecule has 0 aliphatic carbocycles. The van der Waals surface area contributed by atoms with Crippen LogP contribution in [0.3, 0.4) is 0 Å². The Hall–Kier alpha value is 2.21. The molecule has 2 heteroatoms. The van der Waals surface area contributed by atoms with Crippen LogP contribution >= 0.6 is 0 Å². The molecule has 0 aliphatic heterocycles. The average molecular weight is 332 g/mol.